The molecule has 0 saturated carbocycles. The zero-order valence-electron chi connectivity index (χ0n) is 11.8. The normalized spacial score (nSPS) is 29.3. The first-order chi connectivity index (χ1) is 8.56. The van der Waals surface area contributed by atoms with Crippen molar-refractivity contribution >= 4 is 17.7 Å². The van der Waals surface area contributed by atoms with Crippen molar-refractivity contribution in [1.82, 2.24) is 0 Å². The third-order valence-corrected chi connectivity index (χ3v) is 5.06. The zero-order valence-corrected chi connectivity index (χ0v) is 12.6. The number of rotatable bonds is 8. The lowest BCUT2D eigenvalue weighted by molar-refractivity contribution is -0.144. The number of cyclic esters (lactones) is 1. The fraction of sp³-hybridized carbons (Fsp3) is 0.929. The number of carbonyl (C=O) groups is 1. The Morgan fingerprint density at radius 1 is 1.44 bits per heavy atom. The van der Waals surface area contributed by atoms with E-state index < -0.39 is 10.9 Å². The minimum atomic E-state index is -0.718. The number of thioether (sulfide) groups is 1. The van der Waals surface area contributed by atoms with Crippen molar-refractivity contribution in [2.45, 2.75) is 75.7 Å². The Balaban J connectivity index is 2.42. The number of aliphatic hydroxyl groups excluding tert-OH is 1. The Hall–Kier alpha value is -0.220. The number of hydrogen-bond donors (Lipinski definition) is 1. The second-order valence-electron chi connectivity index (χ2n) is 5.23. The van der Waals surface area contributed by atoms with E-state index in [0.717, 1.165) is 12.8 Å². The summed E-state index contributed by atoms with van der Waals surface area (Å²) in [5, 5.41) is 10.3. The quantitative estimate of drug-likeness (QED) is 0.545. The molecule has 0 aromatic heterocycles. The van der Waals surface area contributed by atoms with Gasteiger partial charge in [0.05, 0.1) is 6.10 Å². The summed E-state index contributed by atoms with van der Waals surface area (Å²) in [4.78, 5) is 11.9. The summed E-state index contributed by atoms with van der Waals surface area (Å²) in [6.45, 7) is 4.08. The molecule has 0 radical (unpaired) electrons. The van der Waals surface area contributed by atoms with Gasteiger partial charge in [0.15, 0.2) is 0 Å². The molecule has 106 valence electrons. The average molecular weight is 274 g/mol. The largest absolute Gasteiger partial charge is 0.461 e. The Morgan fingerprint density at radius 2 is 2.11 bits per heavy atom. The molecule has 3 atom stereocenters. The SMILES string of the molecule is CCCCCCC[C@@H](O)[C@]1(SC)C[C@@H](C)OC1=O. The number of aliphatic hydroxyl groups is 1. The Morgan fingerprint density at radius 3 is 2.61 bits per heavy atom. The van der Waals surface area contributed by atoms with Gasteiger partial charge in [0, 0.05) is 6.42 Å². The predicted octanol–water partition coefficient (Wildman–Crippen LogP) is 3.15. The Kier molecular flexibility index (Phi) is 6.50. The number of unbranched alkanes of at least 4 members (excludes halogenated alkanes) is 4. The van der Waals surface area contributed by atoms with Crippen LogP contribution in [0.15, 0.2) is 0 Å². The smallest absolute Gasteiger partial charge is 0.325 e. The van der Waals surface area contributed by atoms with E-state index in [9.17, 15) is 9.90 Å². The molecule has 0 amide bonds. The molecule has 1 fully saturated rings. The van der Waals surface area contributed by atoms with Crippen LogP contribution in [0, 0.1) is 0 Å². The molecular formula is C14H26O3S. The summed E-state index contributed by atoms with van der Waals surface area (Å²) in [6.07, 6.45) is 8.40. The minimum absolute atomic E-state index is 0.0697. The van der Waals surface area contributed by atoms with Crippen molar-refractivity contribution in [1.29, 1.82) is 0 Å². The van der Waals surface area contributed by atoms with Gasteiger partial charge in [0.1, 0.15) is 10.9 Å². The van der Waals surface area contributed by atoms with Gasteiger partial charge in [0.2, 0.25) is 0 Å². The van der Waals surface area contributed by atoms with Gasteiger partial charge in [-0.3, -0.25) is 4.79 Å². The Labute approximate surface area is 115 Å². The van der Waals surface area contributed by atoms with Gasteiger partial charge in [-0.05, 0) is 19.6 Å². The van der Waals surface area contributed by atoms with E-state index in [1.165, 1.54) is 31.0 Å². The van der Waals surface area contributed by atoms with Gasteiger partial charge in [-0.1, -0.05) is 39.0 Å². The summed E-state index contributed by atoms with van der Waals surface area (Å²) < 4.78 is 4.50. The monoisotopic (exact) mass is 274 g/mol. The fourth-order valence-electron chi connectivity index (χ4n) is 2.58. The lowest BCUT2D eigenvalue weighted by Gasteiger charge is -2.28. The lowest BCUT2D eigenvalue weighted by atomic mass is 9.93. The van der Waals surface area contributed by atoms with E-state index in [-0.39, 0.29) is 12.1 Å². The molecule has 1 aliphatic rings. The van der Waals surface area contributed by atoms with Crippen molar-refractivity contribution < 1.29 is 14.6 Å². The predicted molar refractivity (Wildman–Crippen MR) is 75.8 cm³/mol. The summed E-state index contributed by atoms with van der Waals surface area (Å²) in [7, 11) is 0. The van der Waals surface area contributed by atoms with E-state index in [2.05, 4.69) is 6.92 Å². The third kappa shape index (κ3) is 3.64. The molecule has 4 heteroatoms. The highest BCUT2D eigenvalue weighted by Gasteiger charge is 2.52. The van der Waals surface area contributed by atoms with Crippen LogP contribution in [0.5, 0.6) is 0 Å². The molecule has 3 nitrogen and oxygen atoms in total. The molecule has 1 rings (SSSR count). The second-order valence-corrected chi connectivity index (χ2v) is 6.37. The maximum absolute atomic E-state index is 11.9. The van der Waals surface area contributed by atoms with E-state index in [0.29, 0.717) is 12.8 Å². The van der Waals surface area contributed by atoms with Crippen LogP contribution in [-0.2, 0) is 9.53 Å². The number of esters is 1. The average Bonchev–Trinajstić information content (AvgIpc) is 2.64. The van der Waals surface area contributed by atoms with Crippen LogP contribution >= 0.6 is 11.8 Å². The molecule has 0 spiro atoms. The standard InChI is InChI=1S/C14H26O3S/c1-4-5-6-7-8-9-12(15)14(18-3)10-11(2)17-13(14)16/h11-12,15H,4-10H2,1-3H3/t11-,12-,14-/m1/s1. The Bertz CT molecular complexity index is 270. The molecular weight excluding hydrogens is 248 g/mol. The van der Waals surface area contributed by atoms with Gasteiger partial charge in [-0.25, -0.2) is 0 Å². The van der Waals surface area contributed by atoms with Crippen LogP contribution in [0.2, 0.25) is 0 Å². The first-order valence-electron chi connectivity index (χ1n) is 7.01. The zero-order chi connectivity index (χ0) is 13.6. The molecule has 0 aromatic rings. The van der Waals surface area contributed by atoms with E-state index in [1.54, 1.807) is 0 Å². The van der Waals surface area contributed by atoms with Crippen molar-refractivity contribution in [2.75, 3.05) is 6.26 Å². The molecule has 0 aromatic carbocycles. The van der Waals surface area contributed by atoms with Crippen molar-refractivity contribution in [3.63, 3.8) is 0 Å². The van der Waals surface area contributed by atoms with Crippen LogP contribution in [0.4, 0.5) is 0 Å². The summed E-state index contributed by atoms with van der Waals surface area (Å²) in [5.74, 6) is -0.233. The molecule has 0 bridgehead atoms. The lowest BCUT2D eigenvalue weighted by Crippen LogP contribution is -2.43. The highest BCUT2D eigenvalue weighted by molar-refractivity contribution is 8.00. The number of carbonyl (C=O) groups excluding carboxylic acids is 1. The summed E-state index contributed by atoms with van der Waals surface area (Å²) in [5.41, 5.74) is 0. The molecule has 18 heavy (non-hydrogen) atoms. The first kappa shape index (κ1) is 15.8. The highest BCUT2D eigenvalue weighted by Crippen LogP contribution is 2.41. The van der Waals surface area contributed by atoms with Crippen molar-refractivity contribution in [3.8, 4) is 0 Å². The fourth-order valence-corrected chi connectivity index (χ4v) is 3.59. The van der Waals surface area contributed by atoms with Crippen LogP contribution < -0.4 is 0 Å². The van der Waals surface area contributed by atoms with E-state index in [1.807, 2.05) is 13.2 Å². The summed E-state index contributed by atoms with van der Waals surface area (Å²) in [6, 6.07) is 0. The first-order valence-corrected chi connectivity index (χ1v) is 8.23. The van der Waals surface area contributed by atoms with Crippen LogP contribution in [0.1, 0.15) is 58.8 Å². The third-order valence-electron chi connectivity index (χ3n) is 3.73. The topological polar surface area (TPSA) is 46.5 Å². The van der Waals surface area contributed by atoms with Crippen LogP contribution in [0.25, 0.3) is 0 Å². The molecule has 1 saturated heterocycles. The maximum atomic E-state index is 11.9. The van der Waals surface area contributed by atoms with Gasteiger partial charge < -0.3 is 9.84 Å². The molecule has 1 N–H and O–H groups in total. The minimum Gasteiger partial charge on any atom is -0.461 e. The van der Waals surface area contributed by atoms with Crippen molar-refractivity contribution in [3.05, 3.63) is 0 Å². The van der Waals surface area contributed by atoms with Gasteiger partial charge in [0.25, 0.3) is 0 Å². The van der Waals surface area contributed by atoms with Crippen molar-refractivity contribution in [2.24, 2.45) is 0 Å². The maximum Gasteiger partial charge on any atom is 0.325 e. The molecule has 1 aliphatic heterocycles. The van der Waals surface area contributed by atoms with Gasteiger partial charge in [-0.2, -0.15) is 0 Å². The number of hydrogen-bond acceptors (Lipinski definition) is 4. The van der Waals surface area contributed by atoms with Crippen LogP contribution in [-0.4, -0.2) is 34.3 Å². The molecule has 1 heterocycles. The molecule has 0 aliphatic carbocycles. The van der Waals surface area contributed by atoms with E-state index in [4.69, 9.17) is 4.74 Å². The van der Waals surface area contributed by atoms with Gasteiger partial charge in [-0.15, -0.1) is 11.8 Å². The molecule has 0 unspecified atom stereocenters. The van der Waals surface area contributed by atoms with Crippen LogP contribution in [0.3, 0.4) is 0 Å². The second kappa shape index (κ2) is 7.39. The highest BCUT2D eigenvalue weighted by atomic mass is 32.2. The van der Waals surface area contributed by atoms with E-state index >= 15 is 0 Å². The van der Waals surface area contributed by atoms with Gasteiger partial charge >= 0.3 is 5.97 Å². The summed E-state index contributed by atoms with van der Waals surface area (Å²) >= 11 is 1.44. The number of ether oxygens (including phenoxy) is 1.